The molecule has 0 radical (unpaired) electrons. The minimum absolute atomic E-state index is 1.07. The Hall–Kier alpha value is 0.708. The summed E-state index contributed by atoms with van der Waals surface area (Å²) in [6.07, 6.45) is 0. The molecule has 2 bridgehead atoms. The van der Waals surface area contributed by atoms with Gasteiger partial charge in [0, 0.05) is 5.67 Å². The molecule has 0 N–H and O–H groups in total. The zero-order valence-electron chi connectivity index (χ0n) is 10.3. The van der Waals surface area contributed by atoms with Gasteiger partial charge in [0.1, 0.15) is 0 Å². The zero-order chi connectivity index (χ0) is 11.5. The van der Waals surface area contributed by atoms with Crippen LogP contribution in [0.1, 0.15) is 0 Å². The molecule has 3 aliphatic heterocycles. The average Bonchev–Trinajstić information content (AvgIpc) is 1.70. The van der Waals surface area contributed by atoms with E-state index in [1.807, 2.05) is 0 Å². The third-order valence-corrected chi connectivity index (χ3v) is 22.4. The zero-order valence-corrected chi connectivity index (χ0v) is 14.3. The van der Waals surface area contributed by atoms with Gasteiger partial charge in [-0.05, 0) is 39.3 Å². The van der Waals surface area contributed by atoms with Crippen molar-refractivity contribution < 1.29 is 16.5 Å². The van der Waals surface area contributed by atoms with Crippen molar-refractivity contribution in [1.82, 2.24) is 0 Å². The molecule has 0 aromatic carbocycles. The topological polar surface area (TPSA) is 36.9 Å². The van der Waals surface area contributed by atoms with Crippen LogP contribution in [0.15, 0.2) is 0 Å². The van der Waals surface area contributed by atoms with Crippen LogP contribution >= 0.6 is 0 Å². The first-order valence-corrected chi connectivity index (χ1v) is 16.0. The molecule has 3 fully saturated rings. The molecule has 3 rings (SSSR count). The fourth-order valence-electron chi connectivity index (χ4n) is 2.82. The highest BCUT2D eigenvalue weighted by atomic mass is 28.6. The predicted octanol–water partition coefficient (Wildman–Crippen LogP) is 2.17. The third kappa shape index (κ3) is 2.52. The molecule has 0 aromatic rings. The highest BCUT2D eigenvalue weighted by molar-refractivity contribution is 7.04. The Morgan fingerprint density at radius 2 is 0.933 bits per heavy atom. The molecule has 15 heavy (non-hydrogen) atoms. The van der Waals surface area contributed by atoms with E-state index in [4.69, 9.17) is 16.5 Å². The summed E-state index contributed by atoms with van der Waals surface area (Å²) in [5, 5.41) is 0. The van der Waals surface area contributed by atoms with Crippen LogP contribution in [0.3, 0.4) is 0 Å². The Balaban J connectivity index is 2.23. The summed E-state index contributed by atoms with van der Waals surface area (Å²) in [5.74, 6) is 0. The maximum atomic E-state index is 6.16. The Bertz CT molecular complexity index is 253. The lowest BCUT2D eigenvalue weighted by atomic mass is 11.8. The average molecular weight is 281 g/mol. The van der Waals surface area contributed by atoms with Gasteiger partial charge < -0.3 is 16.5 Å². The highest BCUT2D eigenvalue weighted by Crippen LogP contribution is 2.43. The first-order valence-electron chi connectivity index (χ1n) is 5.34. The van der Waals surface area contributed by atoms with Gasteiger partial charge >= 0.3 is 34.2 Å². The third-order valence-electron chi connectivity index (χ3n) is 2.49. The molecule has 8 heteroatoms. The van der Waals surface area contributed by atoms with Crippen molar-refractivity contribution in [2.24, 2.45) is 0 Å². The maximum absolute atomic E-state index is 6.16. The number of rotatable bonds is 0. The summed E-state index contributed by atoms with van der Waals surface area (Å²) >= 11 is 0. The minimum Gasteiger partial charge on any atom is -0.416 e. The molecule has 3 heterocycles. The lowest BCUT2D eigenvalue weighted by Crippen LogP contribution is -2.75. The summed E-state index contributed by atoms with van der Waals surface area (Å²) in [5.41, 5.74) is 1.07. The normalized spacial score (nSPS) is 47.6. The Morgan fingerprint density at radius 1 is 0.600 bits per heavy atom. The fraction of sp³-hybridized carbons (Fsp3) is 1.00. The smallest absolute Gasteiger partial charge is 0.319 e. The second-order valence-electron chi connectivity index (χ2n) is 5.65. The second-order valence-corrected chi connectivity index (χ2v) is 20.5. The van der Waals surface area contributed by atoms with Crippen LogP contribution in [0.25, 0.3) is 0 Å². The monoisotopic (exact) mass is 280 g/mol. The van der Waals surface area contributed by atoms with Crippen LogP contribution in [0.4, 0.5) is 0 Å². The second kappa shape index (κ2) is 3.13. The van der Waals surface area contributed by atoms with Gasteiger partial charge in [-0.3, -0.25) is 0 Å². The van der Waals surface area contributed by atoms with E-state index in [2.05, 4.69) is 39.3 Å². The number of fused-ring (bicyclic) bond motifs is 4. The summed E-state index contributed by atoms with van der Waals surface area (Å²) in [7, 11) is -7.89. The van der Waals surface area contributed by atoms with E-state index in [9.17, 15) is 0 Å². The fourth-order valence-corrected chi connectivity index (χ4v) is 28.2. The van der Waals surface area contributed by atoms with E-state index in [1.165, 1.54) is 0 Å². The van der Waals surface area contributed by atoms with Crippen molar-refractivity contribution in [2.45, 2.75) is 44.9 Å². The first kappa shape index (κ1) is 12.2. The molecule has 4 nitrogen and oxygen atoms in total. The standard InChI is InChI=1S/C7H20O4Si4/c1-12(2)8-13(3,4)10-15(6)7-14(5,9-12)11-15/h7H2,1-6H3. The molecule has 88 valence electrons. The molecule has 0 aliphatic carbocycles. The van der Waals surface area contributed by atoms with Crippen molar-refractivity contribution in [2.75, 3.05) is 0 Å². The van der Waals surface area contributed by atoms with Crippen LogP contribution in [-0.4, -0.2) is 34.2 Å². The van der Waals surface area contributed by atoms with Crippen molar-refractivity contribution in [3.05, 3.63) is 0 Å². The van der Waals surface area contributed by atoms with Crippen molar-refractivity contribution in [1.29, 1.82) is 0 Å². The van der Waals surface area contributed by atoms with Gasteiger partial charge in [-0.25, -0.2) is 0 Å². The molecular formula is C7H20O4Si4. The van der Waals surface area contributed by atoms with Crippen molar-refractivity contribution in [3.8, 4) is 0 Å². The summed E-state index contributed by atoms with van der Waals surface area (Å²) in [6.45, 7) is 12.6. The van der Waals surface area contributed by atoms with Gasteiger partial charge in [0.05, 0.1) is 0 Å². The Kier molecular flexibility index (Phi) is 2.54. The number of hydrogen-bond acceptors (Lipinski definition) is 4. The van der Waals surface area contributed by atoms with E-state index in [0.29, 0.717) is 0 Å². The molecule has 0 amide bonds. The maximum Gasteiger partial charge on any atom is 0.319 e. The van der Waals surface area contributed by atoms with Gasteiger partial charge in [0.25, 0.3) is 0 Å². The van der Waals surface area contributed by atoms with E-state index in [1.54, 1.807) is 0 Å². The minimum atomic E-state index is -2.04. The van der Waals surface area contributed by atoms with Crippen LogP contribution in [0.2, 0.25) is 44.9 Å². The molecule has 0 saturated carbocycles. The molecule has 0 aromatic heterocycles. The summed E-state index contributed by atoms with van der Waals surface area (Å²) < 4.78 is 24.5. The molecule has 0 spiro atoms. The van der Waals surface area contributed by atoms with Gasteiger partial charge in [-0.15, -0.1) is 0 Å². The van der Waals surface area contributed by atoms with Crippen LogP contribution in [-0.2, 0) is 16.5 Å². The van der Waals surface area contributed by atoms with Crippen molar-refractivity contribution in [3.63, 3.8) is 0 Å². The van der Waals surface area contributed by atoms with Gasteiger partial charge in [-0.1, -0.05) is 0 Å². The van der Waals surface area contributed by atoms with Gasteiger partial charge in [0.15, 0.2) is 0 Å². The van der Waals surface area contributed by atoms with Gasteiger partial charge in [-0.2, -0.15) is 0 Å². The van der Waals surface area contributed by atoms with Crippen LogP contribution < -0.4 is 0 Å². The Labute approximate surface area is 95.9 Å². The molecule has 3 saturated heterocycles. The first-order chi connectivity index (χ1) is 6.54. The van der Waals surface area contributed by atoms with Crippen LogP contribution in [0, 0.1) is 0 Å². The van der Waals surface area contributed by atoms with E-state index >= 15 is 0 Å². The summed E-state index contributed by atoms with van der Waals surface area (Å²) in [4.78, 5) is 0. The van der Waals surface area contributed by atoms with E-state index in [0.717, 1.165) is 5.67 Å². The van der Waals surface area contributed by atoms with E-state index in [-0.39, 0.29) is 0 Å². The quantitative estimate of drug-likeness (QED) is 0.637. The van der Waals surface area contributed by atoms with Gasteiger partial charge in [0.2, 0.25) is 0 Å². The SMILES string of the molecule is C[Si]1(C)O[Si](C)(C)O[Si]2(C)C[Si](C)(O1)O2. The van der Waals surface area contributed by atoms with E-state index < -0.39 is 34.2 Å². The molecule has 2 unspecified atom stereocenters. The molecular weight excluding hydrogens is 260 g/mol. The Morgan fingerprint density at radius 3 is 1.27 bits per heavy atom. The highest BCUT2D eigenvalue weighted by Gasteiger charge is 2.64. The number of hydrogen-bond donors (Lipinski definition) is 0. The lowest BCUT2D eigenvalue weighted by Gasteiger charge is -2.56. The van der Waals surface area contributed by atoms with Crippen LogP contribution in [0.5, 0.6) is 0 Å². The largest absolute Gasteiger partial charge is 0.416 e. The molecule has 2 atom stereocenters. The molecule has 3 aliphatic rings. The lowest BCUT2D eigenvalue weighted by molar-refractivity contribution is 0.205. The summed E-state index contributed by atoms with van der Waals surface area (Å²) in [6, 6.07) is 0. The predicted molar refractivity (Wildman–Crippen MR) is 67.3 cm³/mol. The van der Waals surface area contributed by atoms with Crippen molar-refractivity contribution >= 4 is 34.2 Å².